The van der Waals surface area contributed by atoms with Gasteiger partial charge >= 0.3 is 5.97 Å². The molecule has 2 atom stereocenters. The molecule has 0 saturated carbocycles. The number of carbonyl (C=O) groups is 2. The van der Waals surface area contributed by atoms with Crippen LogP contribution in [0.5, 0.6) is 0 Å². The largest absolute Gasteiger partial charge is 0.481 e. The van der Waals surface area contributed by atoms with Gasteiger partial charge in [-0.25, -0.2) is 0 Å². The second kappa shape index (κ2) is 5.90. The summed E-state index contributed by atoms with van der Waals surface area (Å²) in [5, 5.41) is 13.3. The molecule has 1 amide bonds. The number of allylic oxidation sites excluding steroid dienone is 2. The summed E-state index contributed by atoms with van der Waals surface area (Å²) in [4.78, 5) is 25.2. The van der Waals surface area contributed by atoms with Gasteiger partial charge in [0.25, 0.3) is 0 Å². The average Bonchev–Trinajstić information content (AvgIpc) is 2.83. The van der Waals surface area contributed by atoms with Crippen LogP contribution in [0.15, 0.2) is 24.5 Å². The Labute approximate surface area is 117 Å². The van der Waals surface area contributed by atoms with E-state index in [1.165, 1.54) is 0 Å². The van der Waals surface area contributed by atoms with E-state index in [1.807, 2.05) is 25.4 Å². The number of carboxylic acids is 1. The number of nitrogens with zero attached hydrogens (tertiary/aromatic N) is 3. The number of hydrogen-bond donors (Lipinski definition) is 1. The van der Waals surface area contributed by atoms with Crippen molar-refractivity contribution in [2.24, 2.45) is 18.9 Å². The molecule has 0 aliphatic heterocycles. The van der Waals surface area contributed by atoms with E-state index in [1.54, 1.807) is 22.8 Å². The standard InChI is InChI=1S/C14H19N3O3/c1-16(8-10-7-15-17(2)9-10)13(18)11-5-3-4-6-12(11)14(19)20/h3-4,7,9,11-12H,5-6,8H2,1-2H3,(H,19,20)/t11-,12+/m1/s1. The van der Waals surface area contributed by atoms with Crippen molar-refractivity contribution in [2.75, 3.05) is 7.05 Å². The number of aryl methyl sites for hydroxylation is 1. The molecule has 0 aromatic carbocycles. The molecule has 2 rings (SSSR count). The fourth-order valence-corrected chi connectivity index (χ4v) is 2.55. The molecule has 1 N–H and O–H groups in total. The zero-order valence-corrected chi connectivity index (χ0v) is 11.7. The second-order valence-electron chi connectivity index (χ2n) is 5.21. The van der Waals surface area contributed by atoms with Crippen molar-refractivity contribution in [3.05, 3.63) is 30.1 Å². The molecule has 108 valence electrons. The smallest absolute Gasteiger partial charge is 0.307 e. The Morgan fingerprint density at radius 2 is 2.05 bits per heavy atom. The monoisotopic (exact) mass is 277 g/mol. The Hall–Kier alpha value is -2.11. The number of hydrogen-bond acceptors (Lipinski definition) is 3. The fraction of sp³-hybridized carbons (Fsp3) is 0.500. The maximum atomic E-state index is 12.4. The van der Waals surface area contributed by atoms with Gasteiger partial charge in [-0.1, -0.05) is 12.2 Å². The van der Waals surface area contributed by atoms with Crippen molar-refractivity contribution in [2.45, 2.75) is 19.4 Å². The molecule has 0 spiro atoms. The summed E-state index contributed by atoms with van der Waals surface area (Å²) in [6.45, 7) is 0.444. The van der Waals surface area contributed by atoms with Crippen LogP contribution >= 0.6 is 0 Å². The molecular formula is C14H19N3O3. The predicted octanol–water partition coefficient (Wildman–Crippen LogP) is 1.05. The van der Waals surface area contributed by atoms with Gasteiger partial charge in [0.2, 0.25) is 5.91 Å². The van der Waals surface area contributed by atoms with Crippen molar-refractivity contribution in [3.63, 3.8) is 0 Å². The molecule has 1 heterocycles. The van der Waals surface area contributed by atoms with Crippen molar-refractivity contribution in [1.82, 2.24) is 14.7 Å². The highest BCUT2D eigenvalue weighted by Crippen LogP contribution is 2.27. The highest BCUT2D eigenvalue weighted by molar-refractivity contribution is 5.85. The third kappa shape index (κ3) is 3.07. The minimum absolute atomic E-state index is 0.120. The van der Waals surface area contributed by atoms with Gasteiger partial charge in [-0.15, -0.1) is 0 Å². The fourth-order valence-electron chi connectivity index (χ4n) is 2.55. The van der Waals surface area contributed by atoms with Gasteiger partial charge in [0.05, 0.1) is 18.0 Å². The average molecular weight is 277 g/mol. The van der Waals surface area contributed by atoms with E-state index in [-0.39, 0.29) is 5.91 Å². The van der Waals surface area contributed by atoms with E-state index >= 15 is 0 Å². The van der Waals surface area contributed by atoms with Gasteiger partial charge in [0.1, 0.15) is 0 Å². The predicted molar refractivity (Wildman–Crippen MR) is 72.7 cm³/mol. The zero-order chi connectivity index (χ0) is 14.7. The molecule has 1 aliphatic rings. The number of aromatic nitrogens is 2. The van der Waals surface area contributed by atoms with E-state index in [4.69, 9.17) is 0 Å². The highest BCUT2D eigenvalue weighted by atomic mass is 16.4. The quantitative estimate of drug-likeness (QED) is 0.835. The van der Waals surface area contributed by atoms with E-state index in [2.05, 4.69) is 5.10 Å². The van der Waals surface area contributed by atoms with Crippen molar-refractivity contribution < 1.29 is 14.7 Å². The molecule has 0 saturated heterocycles. The lowest BCUT2D eigenvalue weighted by molar-refractivity contribution is -0.150. The van der Waals surface area contributed by atoms with Crippen LogP contribution in [0.1, 0.15) is 18.4 Å². The summed E-state index contributed by atoms with van der Waals surface area (Å²) in [7, 11) is 3.52. The Balaban J connectivity index is 2.05. The van der Waals surface area contributed by atoms with Gasteiger partial charge in [-0.3, -0.25) is 14.3 Å². The third-order valence-electron chi connectivity index (χ3n) is 3.62. The van der Waals surface area contributed by atoms with Crippen LogP contribution in [-0.2, 0) is 23.2 Å². The zero-order valence-electron chi connectivity index (χ0n) is 11.7. The first kappa shape index (κ1) is 14.3. The summed E-state index contributed by atoms with van der Waals surface area (Å²) >= 11 is 0. The van der Waals surface area contributed by atoms with Gasteiger partial charge in [-0.05, 0) is 12.8 Å². The molecule has 6 nitrogen and oxygen atoms in total. The molecule has 1 aromatic rings. The lowest BCUT2D eigenvalue weighted by atomic mass is 9.82. The van der Waals surface area contributed by atoms with Crippen LogP contribution in [0, 0.1) is 11.8 Å². The first-order valence-electron chi connectivity index (χ1n) is 6.59. The number of rotatable bonds is 4. The summed E-state index contributed by atoms with van der Waals surface area (Å²) in [5.74, 6) is -2.11. The first-order chi connectivity index (χ1) is 9.49. The van der Waals surface area contributed by atoms with Crippen molar-refractivity contribution in [3.8, 4) is 0 Å². The van der Waals surface area contributed by atoms with Crippen LogP contribution in [0.3, 0.4) is 0 Å². The summed E-state index contributed by atoms with van der Waals surface area (Å²) in [6, 6.07) is 0. The number of carboxylic acid groups (broad SMARTS) is 1. The molecule has 1 aromatic heterocycles. The highest BCUT2D eigenvalue weighted by Gasteiger charge is 2.35. The van der Waals surface area contributed by atoms with Crippen LogP contribution in [-0.4, -0.2) is 38.7 Å². The molecule has 6 heteroatoms. The third-order valence-corrected chi connectivity index (χ3v) is 3.62. The van der Waals surface area contributed by atoms with E-state index in [0.717, 1.165) is 5.56 Å². The van der Waals surface area contributed by atoms with E-state index < -0.39 is 17.8 Å². The minimum Gasteiger partial charge on any atom is -0.481 e. The van der Waals surface area contributed by atoms with Crippen LogP contribution in [0.2, 0.25) is 0 Å². The van der Waals surface area contributed by atoms with Crippen molar-refractivity contribution >= 4 is 11.9 Å². The van der Waals surface area contributed by atoms with Gasteiger partial charge in [0.15, 0.2) is 0 Å². The SMILES string of the molecule is CN(Cc1cnn(C)c1)C(=O)[C@@H]1CC=CC[C@@H]1C(=O)O. The molecule has 0 radical (unpaired) electrons. The molecule has 0 unspecified atom stereocenters. The minimum atomic E-state index is -0.900. The molecule has 1 aliphatic carbocycles. The molecule has 0 fully saturated rings. The Morgan fingerprint density at radius 1 is 1.40 bits per heavy atom. The van der Waals surface area contributed by atoms with Gasteiger partial charge in [0, 0.05) is 32.4 Å². The summed E-state index contributed by atoms with van der Waals surface area (Å²) < 4.78 is 1.68. The van der Waals surface area contributed by atoms with E-state index in [0.29, 0.717) is 19.4 Å². The Bertz CT molecular complexity index is 536. The van der Waals surface area contributed by atoms with Gasteiger partial charge in [-0.2, -0.15) is 5.10 Å². The number of aliphatic carboxylic acids is 1. The summed E-state index contributed by atoms with van der Waals surface area (Å²) in [6.07, 6.45) is 8.20. The van der Waals surface area contributed by atoms with Crippen LogP contribution in [0.25, 0.3) is 0 Å². The molecule has 20 heavy (non-hydrogen) atoms. The maximum absolute atomic E-state index is 12.4. The Kier molecular flexibility index (Phi) is 4.22. The second-order valence-corrected chi connectivity index (χ2v) is 5.21. The van der Waals surface area contributed by atoms with Crippen LogP contribution in [0.4, 0.5) is 0 Å². The lowest BCUT2D eigenvalue weighted by Crippen LogP contribution is -2.39. The number of amides is 1. The van der Waals surface area contributed by atoms with E-state index in [9.17, 15) is 14.7 Å². The lowest BCUT2D eigenvalue weighted by Gasteiger charge is -2.28. The van der Waals surface area contributed by atoms with Crippen molar-refractivity contribution in [1.29, 1.82) is 0 Å². The maximum Gasteiger partial charge on any atom is 0.307 e. The summed E-state index contributed by atoms with van der Waals surface area (Å²) in [5.41, 5.74) is 0.932. The topological polar surface area (TPSA) is 75.4 Å². The van der Waals surface area contributed by atoms with Crippen LogP contribution < -0.4 is 0 Å². The normalized spacial score (nSPS) is 21.7. The van der Waals surface area contributed by atoms with Gasteiger partial charge < -0.3 is 10.0 Å². The number of carbonyl (C=O) groups excluding carboxylic acids is 1. The molecular weight excluding hydrogens is 258 g/mol. The Morgan fingerprint density at radius 3 is 2.60 bits per heavy atom. The first-order valence-corrected chi connectivity index (χ1v) is 6.59. The molecule has 0 bridgehead atoms.